The number of nitrogens with zero attached hydrogens (tertiary/aromatic N) is 1. The zero-order chi connectivity index (χ0) is 12.2. The van der Waals surface area contributed by atoms with Gasteiger partial charge in [-0.25, -0.2) is 0 Å². The summed E-state index contributed by atoms with van der Waals surface area (Å²) < 4.78 is 5.37. The number of pyridine rings is 1. The molecule has 0 bridgehead atoms. The lowest BCUT2D eigenvalue weighted by atomic mass is 9.80. The molecule has 0 saturated carbocycles. The number of ether oxygens (including phenoxy) is 1. The summed E-state index contributed by atoms with van der Waals surface area (Å²) in [6.45, 7) is 6.67. The summed E-state index contributed by atoms with van der Waals surface area (Å²) in [6.07, 6.45) is 2.90. The Balaban J connectivity index is 3.13. The van der Waals surface area contributed by atoms with Gasteiger partial charge in [0.25, 0.3) is 0 Å². The van der Waals surface area contributed by atoms with E-state index >= 15 is 0 Å². The van der Waals surface area contributed by atoms with Gasteiger partial charge in [0.1, 0.15) is 5.75 Å². The third-order valence-electron chi connectivity index (χ3n) is 3.27. The molecule has 0 aliphatic rings. The van der Waals surface area contributed by atoms with Gasteiger partial charge in [0.2, 0.25) is 0 Å². The number of aromatic nitrogens is 1. The summed E-state index contributed by atoms with van der Waals surface area (Å²) in [6, 6.07) is 4.06. The Hall–Kier alpha value is -1.09. The molecule has 1 N–H and O–H groups in total. The molecule has 1 heterocycles. The molecule has 1 aromatic heterocycles. The zero-order valence-electron chi connectivity index (χ0n) is 10.9. The molecule has 3 heteroatoms. The number of hydrogen-bond donors (Lipinski definition) is 1. The van der Waals surface area contributed by atoms with E-state index in [1.807, 2.05) is 25.4 Å². The summed E-state index contributed by atoms with van der Waals surface area (Å²) in [7, 11) is 3.66. The second-order valence-electron chi connectivity index (χ2n) is 4.65. The number of rotatable bonds is 5. The Morgan fingerprint density at radius 1 is 1.50 bits per heavy atom. The van der Waals surface area contributed by atoms with Crippen LogP contribution < -0.4 is 10.1 Å². The minimum absolute atomic E-state index is 0.149. The number of hydrogen-bond acceptors (Lipinski definition) is 3. The molecular weight excluding hydrogens is 200 g/mol. The Bertz CT molecular complexity index is 336. The van der Waals surface area contributed by atoms with E-state index < -0.39 is 0 Å². The molecule has 0 amide bonds. The fourth-order valence-corrected chi connectivity index (χ4v) is 1.89. The van der Waals surface area contributed by atoms with Crippen LogP contribution in [0.5, 0.6) is 5.75 Å². The Kier molecular flexibility index (Phi) is 4.30. The van der Waals surface area contributed by atoms with Crippen LogP contribution in [0, 0.1) is 5.41 Å². The van der Waals surface area contributed by atoms with Crippen LogP contribution in [-0.2, 0) is 0 Å². The Morgan fingerprint density at radius 2 is 2.19 bits per heavy atom. The standard InChI is InChI=1S/C13H22N2O/c1-6-13(2,3)12(14-4)11-10(16-5)8-7-9-15-11/h7-9,12,14H,6H2,1-5H3. The lowest BCUT2D eigenvalue weighted by Gasteiger charge is -2.33. The normalized spacial score (nSPS) is 13.6. The molecule has 90 valence electrons. The third kappa shape index (κ3) is 2.53. The predicted molar refractivity (Wildman–Crippen MR) is 66.7 cm³/mol. The summed E-state index contributed by atoms with van der Waals surface area (Å²) in [4.78, 5) is 4.45. The largest absolute Gasteiger partial charge is 0.495 e. The lowest BCUT2D eigenvalue weighted by molar-refractivity contribution is 0.234. The molecule has 0 aliphatic heterocycles. The molecule has 1 aromatic rings. The van der Waals surface area contributed by atoms with Gasteiger partial charge in [-0.1, -0.05) is 20.8 Å². The fourth-order valence-electron chi connectivity index (χ4n) is 1.89. The van der Waals surface area contributed by atoms with Crippen LogP contribution in [0.25, 0.3) is 0 Å². The molecule has 0 aromatic carbocycles. The molecule has 0 fully saturated rings. The number of methoxy groups -OCH3 is 1. The summed E-state index contributed by atoms with van der Waals surface area (Å²) in [5.74, 6) is 0.850. The molecular formula is C13H22N2O. The highest BCUT2D eigenvalue weighted by Crippen LogP contribution is 2.38. The first kappa shape index (κ1) is 13.0. The van der Waals surface area contributed by atoms with Gasteiger partial charge in [-0.05, 0) is 31.0 Å². The fraction of sp³-hybridized carbons (Fsp3) is 0.615. The van der Waals surface area contributed by atoms with Crippen LogP contribution in [0.15, 0.2) is 18.3 Å². The SMILES string of the molecule is CCC(C)(C)C(NC)c1ncccc1OC. The van der Waals surface area contributed by atoms with Gasteiger partial charge in [0.15, 0.2) is 0 Å². The number of nitrogens with one attached hydrogen (secondary N) is 1. The van der Waals surface area contributed by atoms with Crippen LogP contribution in [0.3, 0.4) is 0 Å². The zero-order valence-corrected chi connectivity index (χ0v) is 10.9. The Labute approximate surface area is 98.2 Å². The quantitative estimate of drug-likeness (QED) is 0.831. The molecule has 0 saturated heterocycles. The van der Waals surface area contributed by atoms with E-state index in [4.69, 9.17) is 4.74 Å². The molecule has 3 nitrogen and oxygen atoms in total. The van der Waals surface area contributed by atoms with Gasteiger partial charge < -0.3 is 10.1 Å². The maximum atomic E-state index is 5.37. The molecule has 0 aliphatic carbocycles. The molecule has 0 spiro atoms. The van der Waals surface area contributed by atoms with Crippen LogP contribution >= 0.6 is 0 Å². The van der Waals surface area contributed by atoms with Gasteiger partial charge in [-0.15, -0.1) is 0 Å². The maximum Gasteiger partial charge on any atom is 0.142 e. The van der Waals surface area contributed by atoms with Crippen molar-refractivity contribution in [1.82, 2.24) is 10.3 Å². The van der Waals surface area contributed by atoms with Crippen LogP contribution in [-0.4, -0.2) is 19.1 Å². The highest BCUT2D eigenvalue weighted by molar-refractivity contribution is 5.30. The first-order chi connectivity index (χ1) is 7.56. The van der Waals surface area contributed by atoms with Crippen molar-refractivity contribution in [2.24, 2.45) is 5.41 Å². The van der Waals surface area contributed by atoms with Crippen molar-refractivity contribution in [3.05, 3.63) is 24.0 Å². The maximum absolute atomic E-state index is 5.37. The van der Waals surface area contributed by atoms with Gasteiger partial charge in [0, 0.05) is 6.20 Å². The van der Waals surface area contributed by atoms with Crippen molar-refractivity contribution in [2.75, 3.05) is 14.2 Å². The van der Waals surface area contributed by atoms with Gasteiger partial charge in [-0.2, -0.15) is 0 Å². The molecule has 1 rings (SSSR count). The Morgan fingerprint density at radius 3 is 2.69 bits per heavy atom. The van der Waals surface area contributed by atoms with Gasteiger partial charge in [-0.3, -0.25) is 4.98 Å². The predicted octanol–water partition coefficient (Wildman–Crippen LogP) is 2.79. The van der Waals surface area contributed by atoms with E-state index in [9.17, 15) is 0 Å². The highest BCUT2D eigenvalue weighted by atomic mass is 16.5. The minimum Gasteiger partial charge on any atom is -0.495 e. The average molecular weight is 222 g/mol. The average Bonchev–Trinajstić information content (AvgIpc) is 2.30. The van der Waals surface area contributed by atoms with Crippen molar-refractivity contribution in [3.8, 4) is 5.75 Å². The van der Waals surface area contributed by atoms with E-state index in [1.54, 1.807) is 7.11 Å². The monoisotopic (exact) mass is 222 g/mol. The second kappa shape index (κ2) is 5.30. The first-order valence-electron chi connectivity index (χ1n) is 5.73. The van der Waals surface area contributed by atoms with Gasteiger partial charge >= 0.3 is 0 Å². The van der Waals surface area contributed by atoms with E-state index in [0.29, 0.717) is 0 Å². The van der Waals surface area contributed by atoms with Crippen molar-refractivity contribution < 1.29 is 4.74 Å². The highest BCUT2D eigenvalue weighted by Gasteiger charge is 2.30. The topological polar surface area (TPSA) is 34.2 Å². The smallest absolute Gasteiger partial charge is 0.142 e. The van der Waals surface area contributed by atoms with E-state index in [1.165, 1.54) is 0 Å². The molecule has 16 heavy (non-hydrogen) atoms. The van der Waals surface area contributed by atoms with E-state index in [0.717, 1.165) is 17.9 Å². The van der Waals surface area contributed by atoms with Crippen molar-refractivity contribution in [1.29, 1.82) is 0 Å². The van der Waals surface area contributed by atoms with Crippen LogP contribution in [0.1, 0.15) is 38.9 Å². The molecule has 1 unspecified atom stereocenters. The van der Waals surface area contributed by atoms with Crippen molar-refractivity contribution in [3.63, 3.8) is 0 Å². The van der Waals surface area contributed by atoms with E-state index in [-0.39, 0.29) is 11.5 Å². The molecule has 1 atom stereocenters. The van der Waals surface area contributed by atoms with Crippen LogP contribution in [0.4, 0.5) is 0 Å². The van der Waals surface area contributed by atoms with Gasteiger partial charge in [0.05, 0.1) is 18.8 Å². The van der Waals surface area contributed by atoms with Crippen molar-refractivity contribution >= 4 is 0 Å². The minimum atomic E-state index is 0.149. The first-order valence-corrected chi connectivity index (χ1v) is 5.73. The van der Waals surface area contributed by atoms with E-state index in [2.05, 4.69) is 31.1 Å². The summed E-state index contributed by atoms with van der Waals surface area (Å²) >= 11 is 0. The molecule has 0 radical (unpaired) electrons. The van der Waals surface area contributed by atoms with Crippen LogP contribution in [0.2, 0.25) is 0 Å². The summed E-state index contributed by atoms with van der Waals surface area (Å²) in [5.41, 5.74) is 1.13. The van der Waals surface area contributed by atoms with Crippen molar-refractivity contribution in [2.45, 2.75) is 33.2 Å². The lowest BCUT2D eigenvalue weighted by Crippen LogP contribution is -2.32. The second-order valence-corrected chi connectivity index (χ2v) is 4.65. The summed E-state index contributed by atoms with van der Waals surface area (Å²) in [5, 5.41) is 3.34. The third-order valence-corrected chi connectivity index (χ3v) is 3.27.